The zero-order valence-electron chi connectivity index (χ0n) is 13.7. The second kappa shape index (κ2) is 7.27. The van der Waals surface area contributed by atoms with Crippen LogP contribution in [0.2, 0.25) is 0 Å². The Morgan fingerprint density at radius 1 is 1.09 bits per heavy atom. The fourth-order valence-electron chi connectivity index (χ4n) is 3.22. The van der Waals surface area contributed by atoms with Gasteiger partial charge in [-0.3, -0.25) is 9.80 Å². The number of para-hydroxylation sites is 1. The molecule has 1 saturated heterocycles. The quantitative estimate of drug-likeness (QED) is 0.820. The fourth-order valence-corrected chi connectivity index (χ4v) is 3.22. The standard InChI is InChI=1S/C18H26N2O2/c1-3-17-16(15-6-4-5-7-18(15)22-17)14-20-10-8-19(9-11-20)12-13-21-2/h4-7H,3,8-14H2,1-2H3. The van der Waals surface area contributed by atoms with Crippen LogP contribution < -0.4 is 0 Å². The Bertz CT molecular complexity index is 600. The summed E-state index contributed by atoms with van der Waals surface area (Å²) in [6.45, 7) is 9.52. The molecule has 0 N–H and O–H groups in total. The van der Waals surface area contributed by atoms with Crippen LogP contribution in [-0.2, 0) is 17.7 Å². The first-order valence-corrected chi connectivity index (χ1v) is 8.24. The molecule has 0 bridgehead atoms. The van der Waals surface area contributed by atoms with Gasteiger partial charge in [-0.05, 0) is 6.07 Å². The van der Waals surface area contributed by atoms with Crippen molar-refractivity contribution in [2.75, 3.05) is 46.4 Å². The number of hydrogen-bond donors (Lipinski definition) is 0. The minimum absolute atomic E-state index is 0.826. The molecule has 0 amide bonds. The van der Waals surface area contributed by atoms with E-state index >= 15 is 0 Å². The first-order chi connectivity index (χ1) is 10.8. The molecule has 1 aromatic carbocycles. The van der Waals surface area contributed by atoms with Crippen molar-refractivity contribution < 1.29 is 9.15 Å². The van der Waals surface area contributed by atoms with Crippen molar-refractivity contribution in [1.29, 1.82) is 0 Å². The second-order valence-corrected chi connectivity index (χ2v) is 5.96. The predicted octanol–water partition coefficient (Wildman–Crippen LogP) is 2.76. The third-order valence-electron chi connectivity index (χ3n) is 4.56. The molecule has 2 aromatic rings. The zero-order chi connectivity index (χ0) is 15.4. The van der Waals surface area contributed by atoms with Gasteiger partial charge in [-0.1, -0.05) is 25.1 Å². The van der Waals surface area contributed by atoms with Crippen LogP contribution in [0.3, 0.4) is 0 Å². The molecule has 1 aliphatic heterocycles. The lowest BCUT2D eigenvalue weighted by Gasteiger charge is -2.34. The van der Waals surface area contributed by atoms with Crippen LogP contribution in [0.4, 0.5) is 0 Å². The van der Waals surface area contributed by atoms with Gasteiger partial charge in [0.05, 0.1) is 6.61 Å². The smallest absolute Gasteiger partial charge is 0.134 e. The summed E-state index contributed by atoms with van der Waals surface area (Å²) in [6, 6.07) is 8.40. The van der Waals surface area contributed by atoms with Gasteiger partial charge in [0.15, 0.2) is 0 Å². The first kappa shape index (κ1) is 15.5. The summed E-state index contributed by atoms with van der Waals surface area (Å²) in [5.41, 5.74) is 2.40. The summed E-state index contributed by atoms with van der Waals surface area (Å²) in [5, 5.41) is 1.28. The van der Waals surface area contributed by atoms with Gasteiger partial charge in [-0.2, -0.15) is 0 Å². The maximum atomic E-state index is 6.01. The van der Waals surface area contributed by atoms with E-state index in [2.05, 4.69) is 34.9 Å². The number of methoxy groups -OCH3 is 1. The molecule has 1 fully saturated rings. The zero-order valence-corrected chi connectivity index (χ0v) is 13.7. The summed E-state index contributed by atoms with van der Waals surface area (Å²) in [6.07, 6.45) is 0.956. The number of hydrogen-bond acceptors (Lipinski definition) is 4. The van der Waals surface area contributed by atoms with Crippen molar-refractivity contribution in [2.45, 2.75) is 19.9 Å². The molecule has 2 heterocycles. The molecule has 4 nitrogen and oxygen atoms in total. The lowest BCUT2D eigenvalue weighted by atomic mass is 10.1. The monoisotopic (exact) mass is 302 g/mol. The van der Waals surface area contributed by atoms with E-state index in [9.17, 15) is 0 Å². The summed E-state index contributed by atoms with van der Waals surface area (Å²) in [4.78, 5) is 5.02. The van der Waals surface area contributed by atoms with Crippen LogP contribution in [-0.4, -0.2) is 56.2 Å². The first-order valence-electron chi connectivity index (χ1n) is 8.24. The average molecular weight is 302 g/mol. The molecular formula is C18H26N2O2. The number of piperazine rings is 1. The maximum Gasteiger partial charge on any atom is 0.134 e. The Morgan fingerprint density at radius 2 is 1.82 bits per heavy atom. The minimum atomic E-state index is 0.826. The Hall–Kier alpha value is -1.36. The Labute approximate surface area is 132 Å². The molecule has 0 atom stereocenters. The van der Waals surface area contributed by atoms with Crippen molar-refractivity contribution in [2.24, 2.45) is 0 Å². The second-order valence-electron chi connectivity index (χ2n) is 5.96. The molecule has 22 heavy (non-hydrogen) atoms. The number of fused-ring (bicyclic) bond motifs is 1. The lowest BCUT2D eigenvalue weighted by Crippen LogP contribution is -2.46. The molecule has 120 valence electrons. The van der Waals surface area contributed by atoms with Crippen molar-refractivity contribution in [3.05, 3.63) is 35.6 Å². The largest absolute Gasteiger partial charge is 0.461 e. The summed E-state index contributed by atoms with van der Waals surface area (Å²) in [5.74, 6) is 1.14. The molecule has 3 rings (SSSR count). The topological polar surface area (TPSA) is 28.9 Å². The summed E-state index contributed by atoms with van der Waals surface area (Å²) < 4.78 is 11.2. The average Bonchev–Trinajstić information content (AvgIpc) is 2.92. The van der Waals surface area contributed by atoms with E-state index in [4.69, 9.17) is 9.15 Å². The van der Waals surface area contributed by atoms with E-state index in [0.717, 1.165) is 63.6 Å². The van der Waals surface area contributed by atoms with E-state index < -0.39 is 0 Å². The molecule has 4 heteroatoms. The molecule has 1 aromatic heterocycles. The van der Waals surface area contributed by atoms with Gasteiger partial charge in [0.2, 0.25) is 0 Å². The van der Waals surface area contributed by atoms with E-state index in [1.54, 1.807) is 7.11 Å². The van der Waals surface area contributed by atoms with Gasteiger partial charge < -0.3 is 9.15 Å². The van der Waals surface area contributed by atoms with Gasteiger partial charge >= 0.3 is 0 Å². The molecule has 0 unspecified atom stereocenters. The minimum Gasteiger partial charge on any atom is -0.461 e. The Kier molecular flexibility index (Phi) is 5.13. The normalized spacial score (nSPS) is 17.4. The van der Waals surface area contributed by atoms with Crippen LogP contribution in [0.25, 0.3) is 11.0 Å². The number of nitrogens with zero attached hydrogens (tertiary/aromatic N) is 2. The molecule has 1 aliphatic rings. The number of aryl methyl sites for hydroxylation is 1. The SMILES string of the molecule is CCc1oc2ccccc2c1CN1CCN(CCOC)CC1. The number of rotatable bonds is 6. The summed E-state index contributed by atoms with van der Waals surface area (Å²) in [7, 11) is 1.77. The third kappa shape index (κ3) is 3.35. The van der Waals surface area contributed by atoms with Crippen LogP contribution in [0, 0.1) is 0 Å². The van der Waals surface area contributed by atoms with Gasteiger partial charge in [0.1, 0.15) is 11.3 Å². The third-order valence-corrected chi connectivity index (χ3v) is 4.56. The van der Waals surface area contributed by atoms with Crippen molar-refractivity contribution in [1.82, 2.24) is 9.80 Å². The van der Waals surface area contributed by atoms with Gasteiger partial charge in [0.25, 0.3) is 0 Å². The molecule has 0 spiro atoms. The summed E-state index contributed by atoms with van der Waals surface area (Å²) >= 11 is 0. The maximum absolute atomic E-state index is 6.01. The Balaban J connectivity index is 1.67. The van der Waals surface area contributed by atoms with Crippen LogP contribution in [0.5, 0.6) is 0 Å². The predicted molar refractivity (Wildman–Crippen MR) is 89.2 cm³/mol. The number of benzene rings is 1. The van der Waals surface area contributed by atoms with Crippen LogP contribution in [0.1, 0.15) is 18.2 Å². The molecule has 0 saturated carbocycles. The highest BCUT2D eigenvalue weighted by molar-refractivity contribution is 5.82. The molecule has 0 radical (unpaired) electrons. The number of furan rings is 1. The lowest BCUT2D eigenvalue weighted by molar-refractivity contribution is 0.0937. The van der Waals surface area contributed by atoms with Crippen molar-refractivity contribution in [3.63, 3.8) is 0 Å². The highest BCUT2D eigenvalue weighted by Crippen LogP contribution is 2.27. The van der Waals surface area contributed by atoms with E-state index in [1.807, 2.05) is 6.07 Å². The Morgan fingerprint density at radius 3 is 2.55 bits per heavy atom. The molecular weight excluding hydrogens is 276 g/mol. The van der Waals surface area contributed by atoms with Crippen molar-refractivity contribution in [3.8, 4) is 0 Å². The van der Waals surface area contributed by atoms with E-state index in [0.29, 0.717) is 0 Å². The van der Waals surface area contributed by atoms with Gasteiger partial charge in [-0.15, -0.1) is 0 Å². The van der Waals surface area contributed by atoms with E-state index in [1.165, 1.54) is 10.9 Å². The number of ether oxygens (including phenoxy) is 1. The van der Waals surface area contributed by atoms with Crippen LogP contribution in [0.15, 0.2) is 28.7 Å². The van der Waals surface area contributed by atoms with Gasteiger partial charge in [-0.25, -0.2) is 0 Å². The van der Waals surface area contributed by atoms with Crippen LogP contribution >= 0.6 is 0 Å². The molecule has 0 aliphatic carbocycles. The highest BCUT2D eigenvalue weighted by Gasteiger charge is 2.20. The fraction of sp³-hybridized carbons (Fsp3) is 0.556. The highest BCUT2D eigenvalue weighted by atomic mass is 16.5. The van der Waals surface area contributed by atoms with Crippen molar-refractivity contribution >= 4 is 11.0 Å². The van der Waals surface area contributed by atoms with E-state index in [-0.39, 0.29) is 0 Å². The van der Waals surface area contributed by atoms with Gasteiger partial charge in [0, 0.05) is 63.7 Å².